The molecule has 1 amide bonds. The number of pyridine rings is 1. The summed E-state index contributed by atoms with van der Waals surface area (Å²) in [6.45, 7) is 4.12. The zero-order chi connectivity index (χ0) is 21.8. The van der Waals surface area contributed by atoms with Gasteiger partial charge in [-0.25, -0.2) is 9.78 Å². The molecular formula is C16H17F6N3O3. The van der Waals surface area contributed by atoms with E-state index in [2.05, 4.69) is 15.0 Å². The van der Waals surface area contributed by atoms with Crippen molar-refractivity contribution < 1.29 is 40.6 Å². The highest BCUT2D eigenvalue weighted by atomic mass is 19.4. The van der Waals surface area contributed by atoms with Crippen molar-refractivity contribution >= 4 is 6.09 Å². The Balaban J connectivity index is 2.93. The number of hydrogen-bond acceptors (Lipinski definition) is 5. The number of amides is 1. The van der Waals surface area contributed by atoms with Gasteiger partial charge in [0.2, 0.25) is 5.88 Å². The second-order valence-electron chi connectivity index (χ2n) is 6.52. The van der Waals surface area contributed by atoms with Crippen LogP contribution < -0.4 is 10.1 Å². The highest BCUT2D eigenvalue weighted by molar-refractivity contribution is 5.67. The highest BCUT2D eigenvalue weighted by Crippen LogP contribution is 2.32. The van der Waals surface area contributed by atoms with Crippen molar-refractivity contribution in [2.45, 2.75) is 51.2 Å². The van der Waals surface area contributed by atoms with Gasteiger partial charge in [-0.1, -0.05) is 0 Å². The van der Waals surface area contributed by atoms with Crippen molar-refractivity contribution in [2.24, 2.45) is 0 Å². The molecule has 1 atom stereocenters. The van der Waals surface area contributed by atoms with Crippen LogP contribution in [-0.4, -0.2) is 35.5 Å². The van der Waals surface area contributed by atoms with Gasteiger partial charge in [0.25, 0.3) is 0 Å². The Morgan fingerprint density at radius 3 is 2.29 bits per heavy atom. The van der Waals surface area contributed by atoms with Gasteiger partial charge in [-0.05, 0) is 32.9 Å². The summed E-state index contributed by atoms with van der Waals surface area (Å²) in [5.74, 6) is -1.10. The molecule has 0 radical (unpaired) electrons. The molecule has 1 aromatic heterocycles. The summed E-state index contributed by atoms with van der Waals surface area (Å²) >= 11 is 0. The van der Waals surface area contributed by atoms with Crippen molar-refractivity contribution in [3.05, 3.63) is 23.4 Å². The average molecular weight is 413 g/mol. The molecule has 0 saturated carbocycles. The van der Waals surface area contributed by atoms with E-state index in [1.165, 1.54) is 6.07 Å². The van der Waals surface area contributed by atoms with Crippen LogP contribution in [0.5, 0.6) is 5.88 Å². The number of nitriles is 1. The molecule has 6 nitrogen and oxygen atoms in total. The van der Waals surface area contributed by atoms with Gasteiger partial charge < -0.3 is 14.8 Å². The SMILES string of the molecule is CC(C)(C)OC(=O)NCCC(Oc1nc(C(F)(F)F)ccc1C#N)C(F)(F)F. The van der Waals surface area contributed by atoms with E-state index in [1.54, 1.807) is 20.8 Å². The first kappa shape index (κ1) is 23.3. The third kappa shape index (κ3) is 7.50. The molecule has 0 bridgehead atoms. The fraction of sp³-hybridized carbons (Fsp3) is 0.562. The summed E-state index contributed by atoms with van der Waals surface area (Å²) in [5, 5.41) is 11.0. The predicted molar refractivity (Wildman–Crippen MR) is 83.3 cm³/mol. The number of carbonyl (C=O) groups is 1. The molecule has 1 rings (SSSR count). The Labute approximate surface area is 156 Å². The minimum absolute atomic E-state index is 0.456. The minimum atomic E-state index is -4.99. The van der Waals surface area contributed by atoms with Crippen LogP contribution in [0.25, 0.3) is 0 Å². The Hall–Kier alpha value is -2.71. The van der Waals surface area contributed by atoms with Gasteiger partial charge in [0.15, 0.2) is 6.10 Å². The standard InChI is InChI=1S/C16H17F6N3O3/c1-14(2,3)28-13(26)24-7-6-11(16(20,21)22)27-12-9(8-23)4-5-10(25-12)15(17,18)19/h4-5,11H,6-7H2,1-3H3,(H,24,26). The minimum Gasteiger partial charge on any atom is -0.464 e. The molecule has 0 aliphatic heterocycles. The number of nitrogens with one attached hydrogen (secondary N) is 1. The average Bonchev–Trinajstić information content (AvgIpc) is 2.50. The largest absolute Gasteiger partial charge is 0.464 e. The van der Waals surface area contributed by atoms with E-state index in [9.17, 15) is 31.1 Å². The molecule has 0 spiro atoms. The molecule has 28 heavy (non-hydrogen) atoms. The number of carbonyl (C=O) groups excluding carboxylic acids is 1. The first-order valence-corrected chi connectivity index (χ1v) is 7.82. The third-order valence-corrected chi connectivity index (χ3v) is 2.96. The van der Waals surface area contributed by atoms with Crippen molar-refractivity contribution in [2.75, 3.05) is 6.54 Å². The van der Waals surface area contributed by atoms with Gasteiger partial charge in [0.1, 0.15) is 22.9 Å². The number of ether oxygens (including phenoxy) is 2. The lowest BCUT2D eigenvalue weighted by atomic mass is 10.2. The summed E-state index contributed by atoms with van der Waals surface area (Å²) in [6, 6.07) is 2.54. The first-order valence-electron chi connectivity index (χ1n) is 7.82. The molecule has 156 valence electrons. The molecule has 1 unspecified atom stereocenters. The Morgan fingerprint density at radius 2 is 1.82 bits per heavy atom. The van der Waals surface area contributed by atoms with E-state index in [0.29, 0.717) is 12.1 Å². The van der Waals surface area contributed by atoms with Crippen LogP contribution in [0.4, 0.5) is 31.1 Å². The fourth-order valence-corrected chi connectivity index (χ4v) is 1.82. The van der Waals surface area contributed by atoms with Crippen LogP contribution in [0.3, 0.4) is 0 Å². The van der Waals surface area contributed by atoms with E-state index in [1.807, 2.05) is 0 Å². The molecule has 0 saturated heterocycles. The maximum absolute atomic E-state index is 13.2. The van der Waals surface area contributed by atoms with Crippen LogP contribution in [0.2, 0.25) is 0 Å². The van der Waals surface area contributed by atoms with Crippen LogP contribution in [-0.2, 0) is 10.9 Å². The van der Waals surface area contributed by atoms with E-state index in [0.717, 1.165) is 0 Å². The summed E-state index contributed by atoms with van der Waals surface area (Å²) in [6.07, 6.45) is -14.3. The topological polar surface area (TPSA) is 84.2 Å². The van der Waals surface area contributed by atoms with Crippen LogP contribution in [0.1, 0.15) is 38.4 Å². The van der Waals surface area contributed by atoms with Gasteiger partial charge in [0.05, 0.1) is 0 Å². The van der Waals surface area contributed by atoms with Crippen molar-refractivity contribution in [1.82, 2.24) is 10.3 Å². The fourth-order valence-electron chi connectivity index (χ4n) is 1.82. The molecule has 0 aromatic carbocycles. The Bertz CT molecular complexity index is 735. The molecule has 12 heteroatoms. The lowest BCUT2D eigenvalue weighted by Crippen LogP contribution is -2.40. The van der Waals surface area contributed by atoms with Crippen molar-refractivity contribution in [1.29, 1.82) is 5.26 Å². The number of hydrogen-bond donors (Lipinski definition) is 1. The quantitative estimate of drug-likeness (QED) is 0.732. The van der Waals surface area contributed by atoms with Crippen LogP contribution >= 0.6 is 0 Å². The molecular weight excluding hydrogens is 396 g/mol. The number of alkyl carbamates (subject to hydrolysis) is 1. The van der Waals surface area contributed by atoms with Crippen molar-refractivity contribution in [3.8, 4) is 11.9 Å². The number of nitrogens with zero attached hydrogens (tertiary/aromatic N) is 2. The van der Waals surface area contributed by atoms with E-state index in [4.69, 9.17) is 10.00 Å². The summed E-state index contributed by atoms with van der Waals surface area (Å²) < 4.78 is 87.1. The smallest absolute Gasteiger partial charge is 0.433 e. The lowest BCUT2D eigenvalue weighted by Gasteiger charge is -2.23. The van der Waals surface area contributed by atoms with Crippen LogP contribution in [0, 0.1) is 11.3 Å². The number of aromatic nitrogens is 1. The molecule has 0 aliphatic carbocycles. The summed E-state index contributed by atoms with van der Waals surface area (Å²) in [4.78, 5) is 14.4. The highest BCUT2D eigenvalue weighted by Gasteiger charge is 2.42. The van der Waals surface area contributed by atoms with Crippen molar-refractivity contribution in [3.63, 3.8) is 0 Å². The predicted octanol–water partition coefficient (Wildman–Crippen LogP) is 4.20. The van der Waals surface area contributed by atoms with Gasteiger partial charge in [-0.15, -0.1) is 0 Å². The van der Waals surface area contributed by atoms with Gasteiger partial charge in [-0.3, -0.25) is 0 Å². The van der Waals surface area contributed by atoms with Gasteiger partial charge >= 0.3 is 18.4 Å². The van der Waals surface area contributed by atoms with E-state index in [-0.39, 0.29) is 0 Å². The third-order valence-electron chi connectivity index (χ3n) is 2.96. The number of halogens is 6. The zero-order valence-corrected chi connectivity index (χ0v) is 15.0. The molecule has 0 aliphatic rings. The first-order chi connectivity index (χ1) is 12.6. The molecule has 0 fully saturated rings. The number of rotatable bonds is 5. The van der Waals surface area contributed by atoms with E-state index >= 15 is 0 Å². The second kappa shape index (κ2) is 8.53. The monoisotopic (exact) mass is 413 g/mol. The molecule has 1 N–H and O–H groups in total. The second-order valence-corrected chi connectivity index (χ2v) is 6.52. The molecule has 1 heterocycles. The Kier molecular flexibility index (Phi) is 7.11. The molecule has 1 aromatic rings. The zero-order valence-electron chi connectivity index (χ0n) is 15.0. The summed E-state index contributed by atoms with van der Waals surface area (Å²) in [5.41, 5.74) is -2.97. The van der Waals surface area contributed by atoms with E-state index < -0.39 is 60.3 Å². The Morgan fingerprint density at radius 1 is 1.21 bits per heavy atom. The summed E-state index contributed by atoms with van der Waals surface area (Å²) in [7, 11) is 0. The van der Waals surface area contributed by atoms with Gasteiger partial charge in [-0.2, -0.15) is 31.6 Å². The normalized spacial score (nSPS) is 13.4. The maximum atomic E-state index is 13.2. The number of alkyl halides is 6. The lowest BCUT2D eigenvalue weighted by molar-refractivity contribution is -0.197. The van der Waals surface area contributed by atoms with Crippen LogP contribution in [0.15, 0.2) is 12.1 Å². The maximum Gasteiger partial charge on any atom is 0.433 e. The van der Waals surface area contributed by atoms with Gasteiger partial charge in [0, 0.05) is 13.0 Å².